The number of ether oxygens (including phenoxy) is 2. The molecule has 1 aromatic carbocycles. The summed E-state index contributed by atoms with van der Waals surface area (Å²) in [5.41, 5.74) is 0.738. The summed E-state index contributed by atoms with van der Waals surface area (Å²) in [6.07, 6.45) is 3.53. The average molecular weight is 313 g/mol. The molecule has 0 fully saturated rings. The minimum atomic E-state index is -0.242. The first kappa shape index (κ1) is 18.1. The van der Waals surface area contributed by atoms with Gasteiger partial charge >= 0.3 is 0 Å². The van der Waals surface area contributed by atoms with Crippen LogP contribution in [0.2, 0.25) is 0 Å². The molecule has 0 saturated heterocycles. The van der Waals surface area contributed by atoms with E-state index in [1.165, 1.54) is 11.0 Å². The smallest absolute Gasteiger partial charge is 0.246 e. The van der Waals surface area contributed by atoms with E-state index in [-0.39, 0.29) is 18.7 Å². The lowest BCUT2D eigenvalue weighted by Gasteiger charge is -2.18. The predicted molar refractivity (Wildman–Crippen MR) is 85.6 cm³/mol. The Morgan fingerprint density at radius 2 is 1.83 bits per heavy atom. The van der Waals surface area contributed by atoms with Gasteiger partial charge in [-0.3, -0.25) is 4.79 Å². The monoisotopic (exact) mass is 313 g/mol. The lowest BCUT2D eigenvalue weighted by atomic mass is 10.1. The Morgan fingerprint density at radius 3 is 2.35 bits per heavy atom. The fraction of sp³-hybridized carbons (Fsp3) is 0.353. The van der Waals surface area contributed by atoms with Crippen LogP contribution in [0.15, 0.2) is 24.3 Å². The van der Waals surface area contributed by atoms with Gasteiger partial charge in [0.25, 0.3) is 0 Å². The molecule has 1 aromatic rings. The van der Waals surface area contributed by atoms with Gasteiger partial charge in [-0.25, -0.2) is 0 Å². The molecule has 0 N–H and O–H groups in total. The lowest BCUT2D eigenvalue weighted by molar-refractivity contribution is -0.125. The van der Waals surface area contributed by atoms with Crippen LogP contribution >= 0.6 is 0 Å². The van der Waals surface area contributed by atoms with Crippen LogP contribution in [0.5, 0.6) is 11.5 Å². The molecule has 0 unspecified atom stereocenters. The van der Waals surface area contributed by atoms with Crippen molar-refractivity contribution in [1.29, 1.82) is 10.5 Å². The Kier molecular flexibility index (Phi) is 7.74. The number of hydrogen-bond acceptors (Lipinski definition) is 5. The van der Waals surface area contributed by atoms with E-state index in [1.54, 1.807) is 38.5 Å². The van der Waals surface area contributed by atoms with E-state index in [0.717, 1.165) is 5.56 Å². The molecular formula is C17H19N3O3. The fourth-order valence-electron chi connectivity index (χ4n) is 1.92. The van der Waals surface area contributed by atoms with Crippen LogP contribution in [0.25, 0.3) is 6.08 Å². The van der Waals surface area contributed by atoms with E-state index < -0.39 is 0 Å². The van der Waals surface area contributed by atoms with Crippen molar-refractivity contribution in [3.05, 3.63) is 29.8 Å². The van der Waals surface area contributed by atoms with Crippen LogP contribution < -0.4 is 9.47 Å². The minimum Gasteiger partial charge on any atom is -0.497 e. The highest BCUT2D eigenvalue weighted by molar-refractivity contribution is 5.92. The fourth-order valence-corrected chi connectivity index (χ4v) is 1.92. The van der Waals surface area contributed by atoms with Gasteiger partial charge in [-0.15, -0.1) is 0 Å². The van der Waals surface area contributed by atoms with E-state index in [9.17, 15) is 4.79 Å². The number of rotatable bonds is 8. The largest absolute Gasteiger partial charge is 0.497 e. The van der Waals surface area contributed by atoms with Crippen LogP contribution in [0.3, 0.4) is 0 Å². The van der Waals surface area contributed by atoms with Crippen LogP contribution in [0.1, 0.15) is 18.4 Å². The highest BCUT2D eigenvalue weighted by Gasteiger charge is 2.10. The Hall–Kier alpha value is -2.99. The molecule has 23 heavy (non-hydrogen) atoms. The van der Waals surface area contributed by atoms with Gasteiger partial charge in [-0.1, -0.05) is 0 Å². The number of hydrogen-bond donors (Lipinski definition) is 0. The summed E-state index contributed by atoms with van der Waals surface area (Å²) in [4.78, 5) is 13.7. The third kappa shape index (κ3) is 5.72. The van der Waals surface area contributed by atoms with E-state index in [4.69, 9.17) is 20.0 Å². The van der Waals surface area contributed by atoms with Gasteiger partial charge in [0.1, 0.15) is 11.5 Å². The Bertz CT molecular complexity index is 623. The highest BCUT2D eigenvalue weighted by Crippen LogP contribution is 2.25. The van der Waals surface area contributed by atoms with Gasteiger partial charge < -0.3 is 14.4 Å². The summed E-state index contributed by atoms with van der Waals surface area (Å²) in [5, 5.41) is 17.3. The molecule has 0 heterocycles. The first-order valence-corrected chi connectivity index (χ1v) is 7.09. The molecule has 120 valence electrons. The predicted octanol–water partition coefficient (Wildman–Crippen LogP) is 2.37. The molecule has 6 heteroatoms. The van der Waals surface area contributed by atoms with E-state index >= 15 is 0 Å². The second-order valence-electron chi connectivity index (χ2n) is 4.58. The standard InChI is InChI=1S/C17H19N3O3/c1-22-15-7-5-14(16(13-15)23-2)6-8-17(21)20(11-3-9-18)12-4-10-19/h5-8,13H,3-4,11-12H2,1-2H3. The molecule has 0 aliphatic heterocycles. The van der Waals surface area contributed by atoms with Gasteiger partial charge in [0, 0.05) is 30.8 Å². The SMILES string of the molecule is COc1ccc(C=CC(=O)N(CCC#N)CCC#N)c(OC)c1. The second-order valence-corrected chi connectivity index (χ2v) is 4.58. The Morgan fingerprint density at radius 1 is 1.17 bits per heavy atom. The molecule has 0 atom stereocenters. The molecule has 0 aliphatic carbocycles. The summed E-state index contributed by atoms with van der Waals surface area (Å²) in [7, 11) is 3.11. The normalized spacial score (nSPS) is 9.91. The van der Waals surface area contributed by atoms with Crippen LogP contribution in [0.4, 0.5) is 0 Å². The number of carbonyl (C=O) groups excluding carboxylic acids is 1. The number of nitriles is 2. The van der Waals surface area contributed by atoms with Gasteiger partial charge in [0.2, 0.25) is 5.91 Å². The molecule has 0 saturated carbocycles. The van der Waals surface area contributed by atoms with Crippen molar-refractivity contribution in [3.8, 4) is 23.6 Å². The second kappa shape index (κ2) is 9.86. The summed E-state index contributed by atoms with van der Waals surface area (Å²) >= 11 is 0. The van der Waals surface area contributed by atoms with Gasteiger partial charge in [0.15, 0.2) is 0 Å². The molecular weight excluding hydrogens is 294 g/mol. The van der Waals surface area contributed by atoms with Crippen molar-refractivity contribution in [2.24, 2.45) is 0 Å². The Labute approximate surface area is 136 Å². The number of carbonyl (C=O) groups is 1. The summed E-state index contributed by atoms with van der Waals surface area (Å²) in [5.74, 6) is 1.01. The summed E-state index contributed by atoms with van der Waals surface area (Å²) < 4.78 is 10.4. The molecule has 6 nitrogen and oxygen atoms in total. The zero-order valence-electron chi connectivity index (χ0n) is 13.3. The first-order chi connectivity index (χ1) is 11.2. The summed E-state index contributed by atoms with van der Waals surface area (Å²) in [6.45, 7) is 0.613. The van der Waals surface area contributed by atoms with Crippen LogP contribution in [-0.4, -0.2) is 38.1 Å². The quantitative estimate of drug-likeness (QED) is 0.688. The number of amides is 1. The number of benzene rings is 1. The van der Waals surface area contributed by atoms with E-state index in [2.05, 4.69) is 0 Å². The highest BCUT2D eigenvalue weighted by atomic mass is 16.5. The zero-order valence-corrected chi connectivity index (χ0v) is 13.3. The topological polar surface area (TPSA) is 86.4 Å². The Balaban J connectivity index is 2.86. The molecule has 0 bridgehead atoms. The molecule has 0 aliphatic rings. The van der Waals surface area contributed by atoms with Crippen molar-refractivity contribution in [1.82, 2.24) is 4.90 Å². The third-order valence-corrected chi connectivity index (χ3v) is 3.14. The third-order valence-electron chi connectivity index (χ3n) is 3.14. The minimum absolute atomic E-state index is 0.233. The number of nitrogens with zero attached hydrogens (tertiary/aromatic N) is 3. The maximum atomic E-state index is 12.2. The average Bonchev–Trinajstić information content (AvgIpc) is 2.59. The molecule has 1 rings (SSSR count). The maximum Gasteiger partial charge on any atom is 0.246 e. The van der Waals surface area contributed by atoms with Crippen molar-refractivity contribution in [2.45, 2.75) is 12.8 Å². The van der Waals surface area contributed by atoms with Gasteiger partial charge in [-0.2, -0.15) is 10.5 Å². The number of methoxy groups -OCH3 is 2. The van der Waals surface area contributed by atoms with Gasteiger partial charge in [0.05, 0.1) is 39.2 Å². The van der Waals surface area contributed by atoms with Crippen molar-refractivity contribution in [3.63, 3.8) is 0 Å². The van der Waals surface area contributed by atoms with Crippen molar-refractivity contribution in [2.75, 3.05) is 27.3 Å². The first-order valence-electron chi connectivity index (χ1n) is 7.09. The van der Waals surface area contributed by atoms with Crippen LogP contribution in [0, 0.1) is 22.7 Å². The zero-order chi connectivity index (χ0) is 17.1. The molecule has 1 amide bonds. The maximum absolute atomic E-state index is 12.2. The molecule has 0 aromatic heterocycles. The molecule has 0 spiro atoms. The summed E-state index contributed by atoms with van der Waals surface area (Å²) in [6, 6.07) is 9.29. The van der Waals surface area contributed by atoms with Gasteiger partial charge in [-0.05, 0) is 18.2 Å². The molecule has 0 radical (unpaired) electrons. The van der Waals surface area contributed by atoms with E-state index in [0.29, 0.717) is 24.6 Å². The van der Waals surface area contributed by atoms with Crippen molar-refractivity contribution >= 4 is 12.0 Å². The lowest BCUT2D eigenvalue weighted by Crippen LogP contribution is -2.31. The van der Waals surface area contributed by atoms with E-state index in [1.807, 2.05) is 12.1 Å². The van der Waals surface area contributed by atoms with Crippen LogP contribution in [-0.2, 0) is 4.79 Å². The van der Waals surface area contributed by atoms with Crippen molar-refractivity contribution < 1.29 is 14.3 Å².